The number of H-pyrrole nitrogens is 1. The first-order valence-corrected chi connectivity index (χ1v) is 13.5. The Morgan fingerprint density at radius 2 is 2.05 bits per heavy atom. The van der Waals surface area contributed by atoms with Gasteiger partial charge in [0.15, 0.2) is 0 Å². The van der Waals surface area contributed by atoms with E-state index in [1.807, 2.05) is 22.2 Å². The molecule has 4 heterocycles. The summed E-state index contributed by atoms with van der Waals surface area (Å²) >= 11 is 0. The van der Waals surface area contributed by atoms with Crippen molar-refractivity contribution in [2.45, 2.75) is 68.9 Å². The number of ether oxygens (including phenoxy) is 1. The van der Waals surface area contributed by atoms with Crippen LogP contribution in [0.1, 0.15) is 67.6 Å². The van der Waals surface area contributed by atoms with E-state index in [0.717, 1.165) is 35.6 Å². The van der Waals surface area contributed by atoms with Crippen LogP contribution in [-0.2, 0) is 30.2 Å². The average molecular weight is 499 g/mol. The Morgan fingerprint density at radius 1 is 1.22 bits per heavy atom. The van der Waals surface area contributed by atoms with Gasteiger partial charge in [-0.1, -0.05) is 12.1 Å². The molecule has 1 aromatic carbocycles. The van der Waals surface area contributed by atoms with Crippen molar-refractivity contribution < 1.29 is 4.74 Å². The molecule has 3 aliphatic rings. The summed E-state index contributed by atoms with van der Waals surface area (Å²) < 4.78 is 9.50. The number of aromatic nitrogens is 5. The third kappa shape index (κ3) is 3.94. The van der Waals surface area contributed by atoms with Gasteiger partial charge < -0.3 is 19.6 Å². The van der Waals surface area contributed by atoms with Crippen LogP contribution >= 0.6 is 0 Å². The first kappa shape index (κ1) is 22.9. The van der Waals surface area contributed by atoms with E-state index < -0.39 is 0 Å². The molecule has 1 saturated heterocycles. The first-order valence-electron chi connectivity index (χ1n) is 13.5. The zero-order valence-corrected chi connectivity index (χ0v) is 21.6. The van der Waals surface area contributed by atoms with E-state index in [2.05, 4.69) is 57.9 Å². The first-order chi connectivity index (χ1) is 17.9. The smallest absolute Gasteiger partial charge is 0.279 e. The molecule has 4 aromatic rings. The van der Waals surface area contributed by atoms with E-state index in [1.54, 1.807) is 6.33 Å². The van der Waals surface area contributed by atoms with Crippen molar-refractivity contribution in [3.63, 3.8) is 0 Å². The number of pyridine rings is 1. The maximum absolute atomic E-state index is 13.8. The highest BCUT2D eigenvalue weighted by atomic mass is 16.5. The lowest BCUT2D eigenvalue weighted by atomic mass is 9.75. The van der Waals surface area contributed by atoms with Crippen molar-refractivity contribution >= 4 is 10.9 Å². The van der Waals surface area contributed by atoms with Crippen LogP contribution in [0, 0.1) is 0 Å². The normalized spacial score (nSPS) is 20.1. The monoisotopic (exact) mass is 498 g/mol. The number of hydrogen-bond acceptors (Lipinski definition) is 5. The lowest BCUT2D eigenvalue weighted by Gasteiger charge is -2.41. The van der Waals surface area contributed by atoms with Crippen molar-refractivity contribution in [1.82, 2.24) is 29.6 Å². The number of nitrogens with one attached hydrogen (secondary N) is 2. The standard InChI is InChI=1S/C29H34N6O2/c1-28(9-4-10-28)30-14-21-12-23-24(19-7-8-19)15-35(27(36)26(23)32-21)22-6-3-5-20(11-22)29(16-37-17-29)13-25-33-31-18-34(25)2/h3,5-6,11-12,15,18-19,30,32H,4,7-10,13-14,16-17H2,1-2H3. The van der Waals surface area contributed by atoms with Crippen molar-refractivity contribution in [1.29, 1.82) is 0 Å². The van der Waals surface area contributed by atoms with Crippen LogP contribution in [0.25, 0.3) is 16.6 Å². The molecule has 0 atom stereocenters. The Labute approximate surface area is 216 Å². The van der Waals surface area contributed by atoms with Crippen molar-refractivity contribution in [3.8, 4) is 5.69 Å². The fourth-order valence-electron chi connectivity index (χ4n) is 5.97. The molecule has 0 spiro atoms. The quantitative estimate of drug-likeness (QED) is 0.385. The van der Waals surface area contributed by atoms with Gasteiger partial charge in [-0.05, 0) is 74.3 Å². The second-order valence-corrected chi connectivity index (χ2v) is 11.7. The molecule has 0 unspecified atom stereocenters. The van der Waals surface area contributed by atoms with Crippen LogP contribution in [0.15, 0.2) is 47.7 Å². The van der Waals surface area contributed by atoms with E-state index >= 15 is 0 Å². The summed E-state index contributed by atoms with van der Waals surface area (Å²) in [4.78, 5) is 17.3. The summed E-state index contributed by atoms with van der Waals surface area (Å²) in [5.74, 6) is 1.46. The summed E-state index contributed by atoms with van der Waals surface area (Å²) in [7, 11) is 1.97. The van der Waals surface area contributed by atoms with Crippen molar-refractivity contribution in [2.24, 2.45) is 7.05 Å². The zero-order chi connectivity index (χ0) is 25.2. The number of aromatic amines is 1. The van der Waals surface area contributed by atoms with E-state index in [-0.39, 0.29) is 16.5 Å². The number of fused-ring (bicyclic) bond motifs is 1. The molecule has 8 heteroatoms. The largest absolute Gasteiger partial charge is 0.379 e. The highest BCUT2D eigenvalue weighted by Crippen LogP contribution is 2.43. The SMILES string of the molecule is Cn1cnnc1CC1(c2cccc(-n3cc(C4CC4)c4cc(CNC5(C)CCC5)[nH]c4c3=O)c2)COC1. The minimum atomic E-state index is -0.160. The molecule has 37 heavy (non-hydrogen) atoms. The van der Waals surface area contributed by atoms with E-state index in [9.17, 15) is 4.79 Å². The molecule has 8 nitrogen and oxygen atoms in total. The van der Waals surface area contributed by atoms with Gasteiger partial charge in [-0.2, -0.15) is 0 Å². The molecule has 192 valence electrons. The molecule has 1 aliphatic heterocycles. The van der Waals surface area contributed by atoms with Gasteiger partial charge in [-0.25, -0.2) is 0 Å². The summed E-state index contributed by atoms with van der Waals surface area (Å²) in [6.45, 7) is 4.32. The maximum Gasteiger partial charge on any atom is 0.279 e. The molecule has 0 radical (unpaired) electrons. The number of rotatable bonds is 8. The Morgan fingerprint density at radius 3 is 2.70 bits per heavy atom. The Hall–Kier alpha value is -3.23. The molecule has 2 aliphatic carbocycles. The molecular weight excluding hydrogens is 464 g/mol. The van der Waals surface area contributed by atoms with Crippen LogP contribution < -0.4 is 10.9 Å². The molecule has 7 rings (SSSR count). The van der Waals surface area contributed by atoms with Crippen molar-refractivity contribution in [2.75, 3.05) is 13.2 Å². The highest BCUT2D eigenvalue weighted by Gasteiger charge is 2.42. The fourth-order valence-corrected chi connectivity index (χ4v) is 5.97. The Bertz CT molecular complexity index is 1530. The van der Waals surface area contributed by atoms with Gasteiger partial charge >= 0.3 is 0 Å². The summed E-state index contributed by atoms with van der Waals surface area (Å²) in [6.07, 6.45) is 10.7. The molecule has 2 N–H and O–H groups in total. The van der Waals surface area contributed by atoms with Gasteiger partial charge in [-0.3, -0.25) is 9.36 Å². The van der Waals surface area contributed by atoms with Gasteiger partial charge in [0.05, 0.1) is 13.2 Å². The molecule has 3 fully saturated rings. The van der Waals surface area contributed by atoms with Crippen molar-refractivity contribution in [3.05, 3.63) is 75.9 Å². The predicted molar refractivity (Wildman–Crippen MR) is 142 cm³/mol. The number of hydrogen-bond donors (Lipinski definition) is 2. The van der Waals surface area contributed by atoms with E-state index in [0.29, 0.717) is 24.6 Å². The van der Waals surface area contributed by atoms with Gasteiger partial charge in [0, 0.05) is 53.9 Å². The Kier molecular flexibility index (Phi) is 5.20. The topological polar surface area (TPSA) is 89.8 Å². The van der Waals surface area contributed by atoms with Crippen LogP contribution in [-0.4, -0.2) is 43.1 Å². The summed E-state index contributed by atoms with van der Waals surface area (Å²) in [5, 5.41) is 13.1. The Balaban J connectivity index is 1.26. The zero-order valence-electron chi connectivity index (χ0n) is 21.6. The van der Waals surface area contributed by atoms with Gasteiger partial charge in [0.2, 0.25) is 0 Å². The molecule has 0 amide bonds. The van der Waals surface area contributed by atoms with Crippen LogP contribution in [0.5, 0.6) is 0 Å². The third-order valence-corrected chi connectivity index (χ3v) is 8.86. The van der Waals surface area contributed by atoms with Gasteiger partial charge in [0.25, 0.3) is 5.56 Å². The lowest BCUT2D eigenvalue weighted by Crippen LogP contribution is -2.49. The van der Waals surface area contributed by atoms with Crippen LogP contribution in [0.4, 0.5) is 0 Å². The average Bonchev–Trinajstić information content (AvgIpc) is 3.48. The number of nitrogens with zero attached hydrogens (tertiary/aromatic N) is 4. The van der Waals surface area contributed by atoms with Gasteiger partial charge in [0.1, 0.15) is 17.7 Å². The van der Waals surface area contributed by atoms with Gasteiger partial charge in [-0.15, -0.1) is 10.2 Å². The minimum Gasteiger partial charge on any atom is -0.379 e. The maximum atomic E-state index is 13.8. The molecular formula is C29H34N6O2. The lowest BCUT2D eigenvalue weighted by molar-refractivity contribution is -0.0611. The van der Waals surface area contributed by atoms with E-state index in [1.165, 1.54) is 43.2 Å². The highest BCUT2D eigenvalue weighted by molar-refractivity contribution is 5.84. The second-order valence-electron chi connectivity index (χ2n) is 11.7. The number of benzene rings is 1. The minimum absolute atomic E-state index is 0.00451. The van der Waals surface area contributed by atoms with E-state index in [4.69, 9.17) is 4.74 Å². The second kappa shape index (κ2) is 8.39. The fraction of sp³-hybridized carbons (Fsp3) is 0.483. The third-order valence-electron chi connectivity index (χ3n) is 8.86. The van der Waals surface area contributed by atoms with Crippen LogP contribution in [0.3, 0.4) is 0 Å². The van der Waals surface area contributed by atoms with Crippen LogP contribution in [0.2, 0.25) is 0 Å². The summed E-state index contributed by atoms with van der Waals surface area (Å²) in [6, 6.07) is 10.6. The molecule has 3 aromatic heterocycles. The predicted octanol–water partition coefficient (Wildman–Crippen LogP) is 3.87. The molecule has 0 bridgehead atoms. The molecule has 2 saturated carbocycles. The number of aryl methyl sites for hydroxylation is 1. The summed E-state index contributed by atoms with van der Waals surface area (Å²) in [5.41, 5.74) is 5.21.